The van der Waals surface area contributed by atoms with Gasteiger partial charge in [-0.3, -0.25) is 4.90 Å². The van der Waals surface area contributed by atoms with Crippen molar-refractivity contribution >= 4 is 0 Å². The Hall–Kier alpha value is -1.06. The molecule has 0 aliphatic carbocycles. The highest BCUT2D eigenvalue weighted by molar-refractivity contribution is 5.20. The Morgan fingerprint density at radius 3 is 2.70 bits per heavy atom. The highest BCUT2D eigenvalue weighted by Gasteiger charge is 2.28. The number of rotatable bonds is 6. The number of hydrogen-bond acceptors (Lipinski definition) is 3. The molecular formula is C17H28N2O. The third kappa shape index (κ3) is 4.22. The molecule has 1 heterocycles. The summed E-state index contributed by atoms with van der Waals surface area (Å²) in [5.74, 6) is 1.65. The number of nitrogens with zero attached hydrogens (tertiary/aromatic N) is 1. The summed E-state index contributed by atoms with van der Waals surface area (Å²) in [7, 11) is 0. The van der Waals surface area contributed by atoms with Crippen molar-refractivity contribution in [3.63, 3.8) is 0 Å². The molecule has 1 aromatic carbocycles. The molecule has 1 fully saturated rings. The van der Waals surface area contributed by atoms with Crippen LogP contribution in [0.1, 0.15) is 27.2 Å². The summed E-state index contributed by atoms with van der Waals surface area (Å²) in [6, 6.07) is 11.3. The van der Waals surface area contributed by atoms with Crippen LogP contribution in [-0.2, 0) is 0 Å². The molecule has 0 amide bonds. The van der Waals surface area contributed by atoms with Crippen LogP contribution in [0.25, 0.3) is 0 Å². The molecule has 20 heavy (non-hydrogen) atoms. The van der Waals surface area contributed by atoms with Crippen molar-refractivity contribution in [1.29, 1.82) is 0 Å². The van der Waals surface area contributed by atoms with E-state index in [0.29, 0.717) is 18.0 Å². The van der Waals surface area contributed by atoms with Gasteiger partial charge in [0.1, 0.15) is 12.4 Å². The SMILES string of the molecule is CCC1CN(CCOc2ccccc2)C(C(C)C)CN1. The van der Waals surface area contributed by atoms with Gasteiger partial charge in [0.05, 0.1) is 0 Å². The maximum absolute atomic E-state index is 5.84. The number of piperazine rings is 1. The second-order valence-corrected chi connectivity index (χ2v) is 5.98. The fourth-order valence-electron chi connectivity index (χ4n) is 2.88. The topological polar surface area (TPSA) is 24.5 Å². The Balaban J connectivity index is 1.84. The molecule has 3 nitrogen and oxygen atoms in total. The Labute approximate surface area is 123 Å². The molecule has 1 aromatic rings. The first-order valence-corrected chi connectivity index (χ1v) is 7.86. The largest absolute Gasteiger partial charge is 0.492 e. The van der Waals surface area contributed by atoms with Crippen molar-refractivity contribution in [2.24, 2.45) is 5.92 Å². The lowest BCUT2D eigenvalue weighted by Gasteiger charge is -2.42. The van der Waals surface area contributed by atoms with E-state index in [1.165, 1.54) is 6.42 Å². The van der Waals surface area contributed by atoms with Crippen molar-refractivity contribution in [3.05, 3.63) is 30.3 Å². The fraction of sp³-hybridized carbons (Fsp3) is 0.647. The molecule has 3 heteroatoms. The predicted molar refractivity (Wildman–Crippen MR) is 84.2 cm³/mol. The summed E-state index contributed by atoms with van der Waals surface area (Å²) < 4.78 is 5.84. The number of benzene rings is 1. The Morgan fingerprint density at radius 2 is 2.05 bits per heavy atom. The van der Waals surface area contributed by atoms with Gasteiger partial charge in [-0.05, 0) is 24.5 Å². The van der Waals surface area contributed by atoms with Gasteiger partial charge in [-0.15, -0.1) is 0 Å². The minimum atomic E-state index is 0.622. The summed E-state index contributed by atoms with van der Waals surface area (Å²) in [4.78, 5) is 2.60. The van der Waals surface area contributed by atoms with E-state index in [0.717, 1.165) is 32.0 Å². The van der Waals surface area contributed by atoms with Crippen molar-refractivity contribution in [1.82, 2.24) is 10.2 Å². The number of nitrogens with one attached hydrogen (secondary N) is 1. The predicted octanol–water partition coefficient (Wildman–Crippen LogP) is 2.77. The number of ether oxygens (including phenoxy) is 1. The Morgan fingerprint density at radius 1 is 1.30 bits per heavy atom. The average Bonchev–Trinajstić information content (AvgIpc) is 2.48. The van der Waals surface area contributed by atoms with E-state index in [1.807, 2.05) is 30.3 Å². The van der Waals surface area contributed by atoms with Gasteiger partial charge in [-0.1, -0.05) is 39.0 Å². The van der Waals surface area contributed by atoms with E-state index in [1.54, 1.807) is 0 Å². The molecule has 0 aromatic heterocycles. The van der Waals surface area contributed by atoms with Crippen LogP contribution in [0.5, 0.6) is 5.75 Å². The average molecular weight is 276 g/mol. The Bertz CT molecular complexity index is 380. The lowest BCUT2D eigenvalue weighted by Crippen LogP contribution is -2.58. The smallest absolute Gasteiger partial charge is 0.119 e. The lowest BCUT2D eigenvalue weighted by atomic mass is 9.98. The van der Waals surface area contributed by atoms with E-state index < -0.39 is 0 Å². The van der Waals surface area contributed by atoms with Gasteiger partial charge in [-0.25, -0.2) is 0 Å². The van der Waals surface area contributed by atoms with Gasteiger partial charge in [0, 0.05) is 31.7 Å². The Kier molecular flexibility index (Phi) is 5.86. The molecule has 1 saturated heterocycles. The maximum Gasteiger partial charge on any atom is 0.119 e. The standard InChI is InChI=1S/C17H28N2O/c1-4-15-13-19(17(12-18-15)14(2)3)10-11-20-16-8-6-5-7-9-16/h5-9,14-15,17-18H,4,10-13H2,1-3H3. The van der Waals surface area contributed by atoms with Crippen LogP contribution in [0.2, 0.25) is 0 Å². The summed E-state index contributed by atoms with van der Waals surface area (Å²) in [6.07, 6.45) is 1.20. The second-order valence-electron chi connectivity index (χ2n) is 5.98. The molecule has 2 unspecified atom stereocenters. The van der Waals surface area contributed by atoms with Crippen LogP contribution in [0, 0.1) is 5.92 Å². The highest BCUT2D eigenvalue weighted by Crippen LogP contribution is 2.16. The van der Waals surface area contributed by atoms with Gasteiger partial charge in [0.2, 0.25) is 0 Å². The van der Waals surface area contributed by atoms with Crippen LogP contribution in [-0.4, -0.2) is 43.2 Å². The van der Waals surface area contributed by atoms with E-state index >= 15 is 0 Å². The summed E-state index contributed by atoms with van der Waals surface area (Å²) in [6.45, 7) is 10.9. The van der Waals surface area contributed by atoms with E-state index in [4.69, 9.17) is 4.74 Å². The van der Waals surface area contributed by atoms with Crippen LogP contribution < -0.4 is 10.1 Å². The van der Waals surface area contributed by atoms with Crippen LogP contribution in [0.15, 0.2) is 30.3 Å². The van der Waals surface area contributed by atoms with E-state index in [-0.39, 0.29) is 0 Å². The highest BCUT2D eigenvalue weighted by atomic mass is 16.5. The minimum absolute atomic E-state index is 0.622. The molecule has 0 radical (unpaired) electrons. The molecule has 0 saturated carbocycles. The van der Waals surface area contributed by atoms with Gasteiger partial charge in [-0.2, -0.15) is 0 Å². The summed E-state index contributed by atoms with van der Waals surface area (Å²) in [5.41, 5.74) is 0. The summed E-state index contributed by atoms with van der Waals surface area (Å²) in [5, 5.41) is 3.66. The first-order valence-electron chi connectivity index (χ1n) is 7.86. The van der Waals surface area contributed by atoms with Crippen molar-refractivity contribution in [2.75, 3.05) is 26.2 Å². The maximum atomic E-state index is 5.84. The lowest BCUT2D eigenvalue weighted by molar-refractivity contribution is 0.0816. The van der Waals surface area contributed by atoms with Crippen molar-refractivity contribution in [3.8, 4) is 5.75 Å². The molecular weight excluding hydrogens is 248 g/mol. The van der Waals surface area contributed by atoms with Gasteiger partial charge in [0.25, 0.3) is 0 Å². The van der Waals surface area contributed by atoms with E-state index in [2.05, 4.69) is 31.0 Å². The zero-order chi connectivity index (χ0) is 14.4. The van der Waals surface area contributed by atoms with Crippen LogP contribution >= 0.6 is 0 Å². The minimum Gasteiger partial charge on any atom is -0.492 e. The fourth-order valence-corrected chi connectivity index (χ4v) is 2.88. The second kappa shape index (κ2) is 7.65. The molecule has 1 aliphatic heterocycles. The van der Waals surface area contributed by atoms with Crippen LogP contribution in [0.3, 0.4) is 0 Å². The molecule has 0 bridgehead atoms. The van der Waals surface area contributed by atoms with Crippen LogP contribution in [0.4, 0.5) is 0 Å². The number of hydrogen-bond donors (Lipinski definition) is 1. The first-order chi connectivity index (χ1) is 9.70. The van der Waals surface area contributed by atoms with Crippen molar-refractivity contribution < 1.29 is 4.74 Å². The van der Waals surface area contributed by atoms with E-state index in [9.17, 15) is 0 Å². The number of para-hydroxylation sites is 1. The molecule has 2 atom stereocenters. The molecule has 1 aliphatic rings. The van der Waals surface area contributed by atoms with Gasteiger partial charge < -0.3 is 10.1 Å². The van der Waals surface area contributed by atoms with Crippen molar-refractivity contribution in [2.45, 2.75) is 39.3 Å². The zero-order valence-electron chi connectivity index (χ0n) is 13.0. The third-order valence-corrected chi connectivity index (χ3v) is 4.19. The monoisotopic (exact) mass is 276 g/mol. The summed E-state index contributed by atoms with van der Waals surface area (Å²) >= 11 is 0. The molecule has 1 N–H and O–H groups in total. The molecule has 0 spiro atoms. The van der Waals surface area contributed by atoms with Gasteiger partial charge >= 0.3 is 0 Å². The normalized spacial score (nSPS) is 24.0. The quantitative estimate of drug-likeness (QED) is 0.864. The molecule has 112 valence electrons. The molecule has 2 rings (SSSR count). The zero-order valence-corrected chi connectivity index (χ0v) is 13.0. The third-order valence-electron chi connectivity index (χ3n) is 4.19. The van der Waals surface area contributed by atoms with Gasteiger partial charge in [0.15, 0.2) is 0 Å². The first kappa shape index (κ1) is 15.3.